The first-order valence-corrected chi connectivity index (χ1v) is 7.65. The van der Waals surface area contributed by atoms with E-state index in [2.05, 4.69) is 5.32 Å². The Morgan fingerprint density at radius 2 is 2.00 bits per heavy atom. The summed E-state index contributed by atoms with van der Waals surface area (Å²) in [4.78, 5) is 12.3. The van der Waals surface area contributed by atoms with Crippen molar-refractivity contribution in [3.05, 3.63) is 64.7 Å². The van der Waals surface area contributed by atoms with E-state index in [0.29, 0.717) is 12.2 Å². The van der Waals surface area contributed by atoms with Crippen LogP contribution in [0.15, 0.2) is 36.4 Å². The second-order valence-electron chi connectivity index (χ2n) is 5.80. The molecule has 2 N–H and O–H groups in total. The number of nitrogens with one attached hydrogen (secondary N) is 1. The van der Waals surface area contributed by atoms with Crippen LogP contribution in [0.25, 0.3) is 0 Å². The Bertz CT molecular complexity index is 779. The number of hydrogen-bond donors (Lipinski definition) is 2. The lowest BCUT2D eigenvalue weighted by atomic mass is 10.0. The van der Waals surface area contributed by atoms with E-state index in [1.165, 1.54) is 6.07 Å². The van der Waals surface area contributed by atoms with Gasteiger partial charge in [0.2, 0.25) is 0 Å². The lowest BCUT2D eigenvalue weighted by Gasteiger charge is -2.21. The van der Waals surface area contributed by atoms with E-state index in [4.69, 9.17) is 4.74 Å². The highest BCUT2D eigenvalue weighted by Crippen LogP contribution is 2.26. The van der Waals surface area contributed by atoms with E-state index in [1.54, 1.807) is 25.1 Å². The minimum absolute atomic E-state index is 0.198. The van der Waals surface area contributed by atoms with Crippen molar-refractivity contribution in [2.45, 2.75) is 25.5 Å². The fourth-order valence-electron chi connectivity index (χ4n) is 2.68. The van der Waals surface area contributed by atoms with Crippen LogP contribution in [0.4, 0.5) is 8.78 Å². The number of carbonyl (C=O) groups excluding carboxylic acids is 1. The van der Waals surface area contributed by atoms with Crippen molar-refractivity contribution in [2.75, 3.05) is 6.61 Å². The van der Waals surface area contributed by atoms with Crippen LogP contribution in [0.3, 0.4) is 0 Å². The monoisotopic (exact) mass is 333 g/mol. The van der Waals surface area contributed by atoms with Crippen LogP contribution in [-0.2, 0) is 6.42 Å². The lowest BCUT2D eigenvalue weighted by molar-refractivity contribution is 0.0851. The minimum Gasteiger partial charge on any atom is -0.493 e. The summed E-state index contributed by atoms with van der Waals surface area (Å²) in [6, 6.07) is 7.64. The average Bonchev–Trinajstić information content (AvgIpc) is 3.04. The normalized spacial score (nSPS) is 15.3. The van der Waals surface area contributed by atoms with Gasteiger partial charge in [0.05, 0.1) is 18.8 Å². The Morgan fingerprint density at radius 1 is 1.21 bits per heavy atom. The third-order valence-electron chi connectivity index (χ3n) is 4.07. The molecule has 126 valence electrons. The molecular formula is C18H17F2NO3. The maximum atomic E-state index is 13.3. The number of amides is 1. The Labute approximate surface area is 138 Å². The molecule has 4 nitrogen and oxygen atoms in total. The number of fused-ring (bicyclic) bond motifs is 1. The van der Waals surface area contributed by atoms with Crippen LogP contribution < -0.4 is 10.1 Å². The first-order valence-electron chi connectivity index (χ1n) is 7.65. The largest absolute Gasteiger partial charge is 0.493 e. The smallest absolute Gasteiger partial charge is 0.251 e. The van der Waals surface area contributed by atoms with Gasteiger partial charge < -0.3 is 15.2 Å². The molecule has 0 radical (unpaired) electrons. The van der Waals surface area contributed by atoms with Crippen LogP contribution in [0.1, 0.15) is 34.5 Å². The van der Waals surface area contributed by atoms with Gasteiger partial charge in [-0.05, 0) is 48.4 Å². The first kappa shape index (κ1) is 16.4. The summed E-state index contributed by atoms with van der Waals surface area (Å²) in [7, 11) is 0. The molecule has 1 aliphatic heterocycles. The van der Waals surface area contributed by atoms with Gasteiger partial charge in [-0.3, -0.25) is 4.79 Å². The molecule has 0 saturated heterocycles. The van der Waals surface area contributed by atoms with Gasteiger partial charge in [0, 0.05) is 12.0 Å². The van der Waals surface area contributed by atoms with Crippen molar-refractivity contribution in [2.24, 2.45) is 0 Å². The summed E-state index contributed by atoms with van der Waals surface area (Å²) in [5.74, 6) is -1.59. The Kier molecular flexibility index (Phi) is 4.49. The maximum absolute atomic E-state index is 13.3. The van der Waals surface area contributed by atoms with Crippen LogP contribution in [0, 0.1) is 11.6 Å². The second-order valence-corrected chi connectivity index (χ2v) is 5.80. The zero-order valence-corrected chi connectivity index (χ0v) is 13.1. The van der Waals surface area contributed by atoms with E-state index >= 15 is 0 Å². The molecule has 0 fully saturated rings. The molecule has 2 aromatic rings. The molecule has 0 spiro atoms. The van der Waals surface area contributed by atoms with Gasteiger partial charge in [0.25, 0.3) is 5.91 Å². The van der Waals surface area contributed by atoms with Crippen molar-refractivity contribution >= 4 is 5.91 Å². The quantitative estimate of drug-likeness (QED) is 0.904. The van der Waals surface area contributed by atoms with E-state index < -0.39 is 23.8 Å². The molecular weight excluding hydrogens is 316 g/mol. The molecule has 0 bridgehead atoms. The Balaban J connectivity index is 1.70. The fourth-order valence-corrected chi connectivity index (χ4v) is 2.68. The van der Waals surface area contributed by atoms with Gasteiger partial charge in [-0.2, -0.15) is 0 Å². The molecule has 0 aliphatic carbocycles. The van der Waals surface area contributed by atoms with E-state index in [9.17, 15) is 18.7 Å². The topological polar surface area (TPSA) is 58.6 Å². The zero-order valence-electron chi connectivity index (χ0n) is 13.1. The predicted octanol–water partition coefficient (Wildman–Crippen LogP) is 2.75. The number of rotatable bonds is 4. The summed E-state index contributed by atoms with van der Waals surface area (Å²) in [5, 5.41) is 12.9. The standard InChI is InChI=1S/C18H17F2NO3/c1-10(17(22)12-2-4-14(19)15(20)9-12)21-18(23)13-3-5-16-11(8-13)6-7-24-16/h2-5,8-10,17,22H,6-7H2,1H3,(H,21,23). The fraction of sp³-hybridized carbons (Fsp3) is 0.278. The number of hydrogen-bond acceptors (Lipinski definition) is 3. The summed E-state index contributed by atoms with van der Waals surface area (Å²) < 4.78 is 31.6. The van der Waals surface area contributed by atoms with Gasteiger partial charge in [-0.15, -0.1) is 0 Å². The molecule has 2 unspecified atom stereocenters. The second kappa shape index (κ2) is 6.57. The molecule has 1 heterocycles. The van der Waals surface area contributed by atoms with E-state index in [1.807, 2.05) is 0 Å². The van der Waals surface area contributed by atoms with Crippen molar-refractivity contribution in [3.63, 3.8) is 0 Å². The lowest BCUT2D eigenvalue weighted by Crippen LogP contribution is -2.37. The third-order valence-corrected chi connectivity index (χ3v) is 4.07. The molecule has 3 rings (SSSR count). The van der Waals surface area contributed by atoms with Crippen molar-refractivity contribution < 1.29 is 23.4 Å². The van der Waals surface area contributed by atoms with Gasteiger partial charge in [-0.1, -0.05) is 6.07 Å². The summed E-state index contributed by atoms with van der Waals surface area (Å²) in [6.45, 7) is 2.20. The van der Waals surface area contributed by atoms with Gasteiger partial charge in [0.15, 0.2) is 11.6 Å². The highest BCUT2D eigenvalue weighted by atomic mass is 19.2. The molecule has 24 heavy (non-hydrogen) atoms. The van der Waals surface area contributed by atoms with Gasteiger partial charge >= 0.3 is 0 Å². The SMILES string of the molecule is CC(NC(=O)c1ccc2c(c1)CCO2)C(O)c1ccc(F)c(F)c1. The first-order chi connectivity index (χ1) is 11.5. The summed E-state index contributed by atoms with van der Waals surface area (Å²) in [6.07, 6.45) is -0.398. The summed E-state index contributed by atoms with van der Waals surface area (Å²) >= 11 is 0. The number of ether oxygens (including phenoxy) is 1. The average molecular weight is 333 g/mol. The minimum atomic E-state index is -1.15. The number of aliphatic hydroxyl groups excluding tert-OH is 1. The van der Waals surface area contributed by atoms with Gasteiger partial charge in [0.1, 0.15) is 5.75 Å². The molecule has 0 saturated carbocycles. The number of benzene rings is 2. The van der Waals surface area contributed by atoms with E-state index in [0.717, 1.165) is 29.9 Å². The molecule has 0 aromatic heterocycles. The Morgan fingerprint density at radius 3 is 2.75 bits per heavy atom. The number of carbonyl (C=O) groups is 1. The predicted molar refractivity (Wildman–Crippen MR) is 83.9 cm³/mol. The summed E-state index contributed by atoms with van der Waals surface area (Å²) in [5.41, 5.74) is 1.63. The zero-order chi connectivity index (χ0) is 17.3. The highest BCUT2D eigenvalue weighted by molar-refractivity contribution is 5.94. The molecule has 1 aliphatic rings. The van der Waals surface area contributed by atoms with Crippen molar-refractivity contribution in [1.29, 1.82) is 0 Å². The van der Waals surface area contributed by atoms with Crippen molar-refractivity contribution in [3.8, 4) is 5.75 Å². The Hall–Kier alpha value is -2.47. The van der Waals surface area contributed by atoms with Crippen molar-refractivity contribution in [1.82, 2.24) is 5.32 Å². The highest BCUT2D eigenvalue weighted by Gasteiger charge is 2.21. The molecule has 2 atom stereocenters. The van der Waals surface area contributed by atoms with Crippen LogP contribution >= 0.6 is 0 Å². The molecule has 6 heteroatoms. The van der Waals surface area contributed by atoms with Crippen LogP contribution in [-0.4, -0.2) is 23.7 Å². The van der Waals surface area contributed by atoms with E-state index in [-0.39, 0.29) is 11.5 Å². The van der Waals surface area contributed by atoms with Crippen LogP contribution in [0.2, 0.25) is 0 Å². The van der Waals surface area contributed by atoms with Crippen LogP contribution in [0.5, 0.6) is 5.75 Å². The number of aliphatic hydroxyl groups is 1. The molecule has 2 aromatic carbocycles. The maximum Gasteiger partial charge on any atom is 0.251 e. The third kappa shape index (κ3) is 3.23. The number of halogens is 2. The molecule has 1 amide bonds. The van der Waals surface area contributed by atoms with Gasteiger partial charge in [-0.25, -0.2) is 8.78 Å².